The van der Waals surface area contributed by atoms with E-state index in [-0.39, 0.29) is 0 Å². The molecule has 0 aliphatic heterocycles. The average molecular weight is 362 g/mol. The van der Waals surface area contributed by atoms with Gasteiger partial charge in [-0.15, -0.1) is 0 Å². The van der Waals surface area contributed by atoms with Crippen molar-refractivity contribution in [1.82, 2.24) is 10.6 Å². The molecule has 2 N–H and O–H groups in total. The van der Waals surface area contributed by atoms with Crippen molar-refractivity contribution in [3.8, 4) is 5.75 Å². The highest BCUT2D eigenvalue weighted by Crippen LogP contribution is 2.44. The van der Waals surface area contributed by atoms with Gasteiger partial charge >= 0.3 is 0 Å². The van der Waals surface area contributed by atoms with Crippen molar-refractivity contribution in [3.05, 3.63) is 29.8 Å². The largest absolute Gasteiger partial charge is 0.497 e. The first-order valence-electron chi connectivity index (χ1n) is 9.85. The normalized spacial score (nSPS) is 16.0. The molecule has 2 rings (SSSR count). The predicted molar refractivity (Wildman–Crippen MR) is 108 cm³/mol. The van der Waals surface area contributed by atoms with Gasteiger partial charge in [0.05, 0.1) is 7.11 Å². The van der Waals surface area contributed by atoms with Crippen LogP contribution in [-0.2, 0) is 11.2 Å². The van der Waals surface area contributed by atoms with Gasteiger partial charge in [-0.1, -0.05) is 18.6 Å². The van der Waals surface area contributed by atoms with Crippen molar-refractivity contribution < 1.29 is 9.47 Å². The van der Waals surface area contributed by atoms with Gasteiger partial charge in [-0.3, -0.25) is 4.99 Å². The predicted octanol–water partition coefficient (Wildman–Crippen LogP) is 3.39. The van der Waals surface area contributed by atoms with Crippen LogP contribution in [0.5, 0.6) is 5.75 Å². The summed E-state index contributed by atoms with van der Waals surface area (Å²) >= 11 is 0. The molecule has 0 unspecified atom stereocenters. The van der Waals surface area contributed by atoms with Crippen LogP contribution in [0, 0.1) is 5.41 Å². The first kappa shape index (κ1) is 20.6. The standard InChI is InChI=1S/C21H35N3O2/c1-4-22-20(24-17-21(11-7-12-21)13-15-25-2)23-14-6-9-18-8-5-10-19(16-18)26-3/h5,8,10,16H,4,6-7,9,11-15,17H2,1-3H3,(H2,22,23,24). The molecule has 0 heterocycles. The van der Waals surface area contributed by atoms with Gasteiger partial charge in [0.2, 0.25) is 0 Å². The summed E-state index contributed by atoms with van der Waals surface area (Å²) in [6.07, 6.45) is 7.07. The minimum absolute atomic E-state index is 0.360. The summed E-state index contributed by atoms with van der Waals surface area (Å²) in [4.78, 5) is 4.85. The van der Waals surface area contributed by atoms with E-state index in [1.807, 2.05) is 12.1 Å². The van der Waals surface area contributed by atoms with Gasteiger partial charge in [0.1, 0.15) is 5.75 Å². The lowest BCUT2D eigenvalue weighted by molar-refractivity contribution is 0.0778. The van der Waals surface area contributed by atoms with E-state index in [1.165, 1.54) is 24.8 Å². The summed E-state index contributed by atoms with van der Waals surface area (Å²) in [7, 11) is 3.49. The van der Waals surface area contributed by atoms with E-state index in [1.54, 1.807) is 14.2 Å². The zero-order valence-corrected chi connectivity index (χ0v) is 16.6. The van der Waals surface area contributed by atoms with E-state index < -0.39 is 0 Å². The maximum absolute atomic E-state index is 5.29. The van der Waals surface area contributed by atoms with Gasteiger partial charge in [0.15, 0.2) is 5.96 Å². The van der Waals surface area contributed by atoms with Gasteiger partial charge in [0.25, 0.3) is 0 Å². The molecule has 0 aromatic heterocycles. The van der Waals surface area contributed by atoms with Crippen LogP contribution in [0.3, 0.4) is 0 Å². The number of aliphatic imine (C=N–C) groups is 1. The van der Waals surface area contributed by atoms with E-state index in [4.69, 9.17) is 14.5 Å². The van der Waals surface area contributed by atoms with Crippen LogP contribution in [0.2, 0.25) is 0 Å². The Labute approximate surface area is 158 Å². The summed E-state index contributed by atoms with van der Waals surface area (Å²) < 4.78 is 10.6. The molecule has 0 amide bonds. The molecule has 1 aliphatic rings. The Morgan fingerprint density at radius 2 is 2.08 bits per heavy atom. The van der Waals surface area contributed by atoms with E-state index in [2.05, 4.69) is 29.7 Å². The van der Waals surface area contributed by atoms with Crippen molar-refractivity contribution in [3.63, 3.8) is 0 Å². The molecule has 5 nitrogen and oxygen atoms in total. The molecule has 5 heteroatoms. The molecule has 0 saturated heterocycles. The number of nitrogens with zero attached hydrogens (tertiary/aromatic N) is 1. The minimum atomic E-state index is 0.360. The quantitative estimate of drug-likeness (QED) is 0.360. The van der Waals surface area contributed by atoms with Crippen molar-refractivity contribution >= 4 is 5.96 Å². The number of methoxy groups -OCH3 is 2. The summed E-state index contributed by atoms with van der Waals surface area (Å²) in [6.45, 7) is 5.62. The van der Waals surface area contributed by atoms with Gasteiger partial charge in [-0.05, 0) is 62.1 Å². The van der Waals surface area contributed by atoms with Gasteiger partial charge < -0.3 is 20.1 Å². The molecular weight excluding hydrogens is 326 g/mol. The smallest absolute Gasteiger partial charge is 0.191 e. The second-order valence-corrected chi connectivity index (χ2v) is 7.17. The summed E-state index contributed by atoms with van der Waals surface area (Å²) in [5.74, 6) is 1.86. The van der Waals surface area contributed by atoms with Crippen LogP contribution in [0.15, 0.2) is 29.3 Å². The average Bonchev–Trinajstić information content (AvgIpc) is 2.64. The highest BCUT2D eigenvalue weighted by atomic mass is 16.5. The van der Waals surface area contributed by atoms with Crippen LogP contribution >= 0.6 is 0 Å². The Morgan fingerprint density at radius 3 is 2.73 bits per heavy atom. The monoisotopic (exact) mass is 361 g/mol. The maximum Gasteiger partial charge on any atom is 0.191 e. The molecular formula is C21H35N3O2. The lowest BCUT2D eigenvalue weighted by Crippen LogP contribution is -2.40. The lowest BCUT2D eigenvalue weighted by atomic mass is 9.67. The number of guanidine groups is 1. The molecule has 146 valence electrons. The summed E-state index contributed by atoms with van der Waals surface area (Å²) in [6, 6.07) is 8.29. The Balaban J connectivity index is 1.77. The second-order valence-electron chi connectivity index (χ2n) is 7.17. The van der Waals surface area contributed by atoms with Crippen LogP contribution in [0.1, 0.15) is 44.6 Å². The number of hydrogen-bond donors (Lipinski definition) is 2. The Bertz CT molecular complexity index is 556. The van der Waals surface area contributed by atoms with E-state index in [0.717, 1.165) is 57.2 Å². The van der Waals surface area contributed by atoms with Crippen molar-refractivity contribution in [2.24, 2.45) is 10.4 Å². The molecule has 1 aromatic carbocycles. The van der Waals surface area contributed by atoms with Gasteiger partial charge in [0, 0.05) is 33.4 Å². The fourth-order valence-corrected chi connectivity index (χ4v) is 3.40. The third-order valence-electron chi connectivity index (χ3n) is 5.24. The Morgan fingerprint density at radius 1 is 1.23 bits per heavy atom. The fourth-order valence-electron chi connectivity index (χ4n) is 3.40. The number of aryl methyl sites for hydroxylation is 1. The molecule has 0 radical (unpaired) electrons. The number of nitrogens with one attached hydrogen (secondary N) is 2. The SMILES string of the molecule is CCNC(=NCC1(CCOC)CCC1)NCCCc1cccc(OC)c1. The zero-order valence-electron chi connectivity index (χ0n) is 16.6. The maximum atomic E-state index is 5.29. The third-order valence-corrected chi connectivity index (χ3v) is 5.24. The van der Waals surface area contributed by atoms with Gasteiger partial charge in [-0.25, -0.2) is 0 Å². The molecule has 0 atom stereocenters. The van der Waals surface area contributed by atoms with Crippen molar-refractivity contribution in [1.29, 1.82) is 0 Å². The van der Waals surface area contributed by atoms with E-state index >= 15 is 0 Å². The van der Waals surface area contributed by atoms with Crippen LogP contribution in [-0.4, -0.2) is 46.4 Å². The minimum Gasteiger partial charge on any atom is -0.497 e. The topological polar surface area (TPSA) is 54.9 Å². The molecule has 0 spiro atoms. The summed E-state index contributed by atoms with van der Waals surface area (Å²) in [5, 5.41) is 6.84. The number of ether oxygens (including phenoxy) is 2. The third kappa shape index (κ3) is 6.52. The van der Waals surface area contributed by atoms with Crippen molar-refractivity contribution in [2.45, 2.75) is 45.4 Å². The van der Waals surface area contributed by atoms with Crippen molar-refractivity contribution in [2.75, 3.05) is 40.5 Å². The van der Waals surface area contributed by atoms with Crippen LogP contribution in [0.25, 0.3) is 0 Å². The highest BCUT2D eigenvalue weighted by molar-refractivity contribution is 5.79. The molecule has 1 fully saturated rings. The fraction of sp³-hybridized carbons (Fsp3) is 0.667. The number of rotatable bonds is 11. The first-order valence-corrected chi connectivity index (χ1v) is 9.85. The van der Waals surface area contributed by atoms with Crippen LogP contribution in [0.4, 0.5) is 0 Å². The first-order chi connectivity index (χ1) is 12.7. The number of hydrogen-bond acceptors (Lipinski definition) is 3. The molecule has 0 bridgehead atoms. The molecule has 1 saturated carbocycles. The lowest BCUT2D eigenvalue weighted by Gasteiger charge is -2.40. The van der Waals surface area contributed by atoms with Crippen LogP contribution < -0.4 is 15.4 Å². The number of benzene rings is 1. The second kappa shape index (κ2) is 11.1. The molecule has 1 aromatic rings. The molecule has 1 aliphatic carbocycles. The summed E-state index contributed by atoms with van der Waals surface area (Å²) in [5.41, 5.74) is 1.67. The van der Waals surface area contributed by atoms with E-state index in [0.29, 0.717) is 5.41 Å². The Kier molecular flexibility index (Phi) is 8.75. The zero-order chi connectivity index (χ0) is 18.7. The molecule has 26 heavy (non-hydrogen) atoms. The highest BCUT2D eigenvalue weighted by Gasteiger charge is 2.36. The van der Waals surface area contributed by atoms with E-state index in [9.17, 15) is 0 Å². The van der Waals surface area contributed by atoms with Gasteiger partial charge in [-0.2, -0.15) is 0 Å². The Hall–Kier alpha value is -1.75.